The number of hydrazine groups is 1. The van der Waals surface area contributed by atoms with Gasteiger partial charge in [-0.1, -0.05) is 0 Å². The van der Waals surface area contributed by atoms with Crippen LogP contribution in [-0.4, -0.2) is 79.5 Å². The Morgan fingerprint density at radius 1 is 1.06 bits per heavy atom. The number of nitrogens with zero attached hydrogens (tertiary/aromatic N) is 3. The molecule has 2 aliphatic heterocycles. The van der Waals surface area contributed by atoms with E-state index in [0.717, 1.165) is 57.6 Å². The number of ether oxygens (including phenoxy) is 1. The molecule has 2 saturated heterocycles. The molecule has 0 aromatic heterocycles. The van der Waals surface area contributed by atoms with E-state index in [9.17, 15) is 0 Å². The lowest BCUT2D eigenvalue weighted by Crippen LogP contribution is -2.56. The van der Waals surface area contributed by atoms with E-state index in [1.165, 1.54) is 0 Å². The normalized spacial score (nSPS) is 24.4. The minimum atomic E-state index is 0.782. The van der Waals surface area contributed by atoms with Gasteiger partial charge in [-0.3, -0.25) is 5.43 Å². The second kappa shape index (κ2) is 5.77. The summed E-state index contributed by atoms with van der Waals surface area (Å²) in [6.07, 6.45) is 0. The SMILES string of the molecule is CN1CCN(NC(=S)N2CCOCC2)CC1. The van der Waals surface area contributed by atoms with Crippen molar-refractivity contribution in [2.24, 2.45) is 0 Å². The fourth-order valence-corrected chi connectivity index (χ4v) is 2.20. The molecule has 16 heavy (non-hydrogen) atoms. The maximum absolute atomic E-state index is 5.39. The van der Waals surface area contributed by atoms with Gasteiger partial charge < -0.3 is 14.5 Å². The first-order chi connectivity index (χ1) is 7.75. The number of nitrogens with one attached hydrogen (secondary N) is 1. The predicted molar refractivity (Wildman–Crippen MR) is 67.2 cm³/mol. The molecule has 0 atom stereocenters. The summed E-state index contributed by atoms with van der Waals surface area (Å²) in [5.74, 6) is 0. The van der Waals surface area contributed by atoms with Crippen molar-refractivity contribution in [2.75, 3.05) is 59.5 Å². The first-order valence-electron chi connectivity index (χ1n) is 5.82. The lowest BCUT2D eigenvalue weighted by Gasteiger charge is -2.36. The average molecular weight is 244 g/mol. The van der Waals surface area contributed by atoms with Gasteiger partial charge in [0.25, 0.3) is 0 Å². The predicted octanol–water partition coefficient (Wildman–Crippen LogP) is -0.644. The molecule has 1 N–H and O–H groups in total. The smallest absolute Gasteiger partial charge is 0.183 e. The van der Waals surface area contributed by atoms with Crippen molar-refractivity contribution in [3.05, 3.63) is 0 Å². The molecule has 0 spiro atoms. The summed E-state index contributed by atoms with van der Waals surface area (Å²) in [4.78, 5) is 4.51. The standard InChI is InChI=1S/C10H20N4OS/c1-12-2-4-14(5-3-12)11-10(16)13-6-8-15-9-7-13/h2-9H2,1H3,(H,11,16). The van der Waals surface area contributed by atoms with Crippen LogP contribution in [0, 0.1) is 0 Å². The average Bonchev–Trinajstić information content (AvgIpc) is 2.33. The molecule has 0 aromatic rings. The van der Waals surface area contributed by atoms with Gasteiger partial charge in [0.15, 0.2) is 5.11 Å². The van der Waals surface area contributed by atoms with E-state index in [-0.39, 0.29) is 0 Å². The van der Waals surface area contributed by atoms with Gasteiger partial charge in [-0.2, -0.15) is 0 Å². The van der Waals surface area contributed by atoms with Crippen molar-refractivity contribution in [3.63, 3.8) is 0 Å². The summed E-state index contributed by atoms with van der Waals surface area (Å²) in [6, 6.07) is 0. The number of hydrogen-bond acceptors (Lipinski definition) is 4. The number of likely N-dealkylation sites (N-methyl/N-ethyl adjacent to an activating group) is 1. The Labute approximate surface area is 102 Å². The Morgan fingerprint density at radius 2 is 1.69 bits per heavy atom. The highest BCUT2D eigenvalue weighted by Crippen LogP contribution is 2.00. The molecule has 0 aliphatic carbocycles. The molecule has 0 amide bonds. The van der Waals surface area contributed by atoms with Gasteiger partial charge in [-0.15, -0.1) is 0 Å². The van der Waals surface area contributed by atoms with Gasteiger partial charge in [0.2, 0.25) is 0 Å². The van der Waals surface area contributed by atoms with Crippen molar-refractivity contribution in [3.8, 4) is 0 Å². The van der Waals surface area contributed by atoms with E-state index >= 15 is 0 Å². The topological polar surface area (TPSA) is 31.0 Å². The largest absolute Gasteiger partial charge is 0.378 e. The maximum Gasteiger partial charge on any atom is 0.183 e. The van der Waals surface area contributed by atoms with Crippen LogP contribution in [0.4, 0.5) is 0 Å². The summed E-state index contributed by atoms with van der Waals surface area (Å²) in [7, 11) is 2.15. The molecule has 0 bridgehead atoms. The first-order valence-corrected chi connectivity index (χ1v) is 6.23. The van der Waals surface area contributed by atoms with Crippen LogP contribution >= 0.6 is 12.2 Å². The number of morpholine rings is 1. The zero-order valence-corrected chi connectivity index (χ0v) is 10.6. The fourth-order valence-electron chi connectivity index (χ4n) is 1.89. The highest BCUT2D eigenvalue weighted by molar-refractivity contribution is 7.80. The van der Waals surface area contributed by atoms with E-state index in [2.05, 4.69) is 27.3 Å². The monoisotopic (exact) mass is 244 g/mol. The Balaban J connectivity index is 1.73. The molecule has 2 heterocycles. The van der Waals surface area contributed by atoms with Crippen LogP contribution in [-0.2, 0) is 4.74 Å². The Hall–Kier alpha value is -0.430. The zero-order chi connectivity index (χ0) is 11.4. The molecule has 5 nitrogen and oxygen atoms in total. The number of thiocarbonyl (C=S) groups is 1. The highest BCUT2D eigenvalue weighted by Gasteiger charge is 2.18. The molecule has 92 valence electrons. The second-order valence-electron chi connectivity index (χ2n) is 4.31. The third kappa shape index (κ3) is 3.28. The van der Waals surface area contributed by atoms with Crippen molar-refractivity contribution in [1.29, 1.82) is 0 Å². The lowest BCUT2D eigenvalue weighted by atomic mass is 10.4. The third-order valence-electron chi connectivity index (χ3n) is 3.06. The van der Waals surface area contributed by atoms with Gasteiger partial charge in [-0.05, 0) is 19.3 Å². The molecule has 0 aromatic carbocycles. The molecule has 0 unspecified atom stereocenters. The Morgan fingerprint density at radius 3 is 2.31 bits per heavy atom. The highest BCUT2D eigenvalue weighted by atomic mass is 32.1. The van der Waals surface area contributed by atoms with Crippen LogP contribution in [0.15, 0.2) is 0 Å². The summed E-state index contributed by atoms with van der Waals surface area (Å²) in [6.45, 7) is 7.62. The van der Waals surface area contributed by atoms with Gasteiger partial charge in [0, 0.05) is 39.3 Å². The summed E-state index contributed by atoms with van der Waals surface area (Å²) in [5.41, 5.74) is 3.32. The van der Waals surface area contributed by atoms with Crippen LogP contribution in [0.3, 0.4) is 0 Å². The van der Waals surface area contributed by atoms with Crippen molar-refractivity contribution in [2.45, 2.75) is 0 Å². The van der Waals surface area contributed by atoms with E-state index in [1.807, 2.05) is 0 Å². The molecular formula is C10H20N4OS. The summed E-state index contributed by atoms with van der Waals surface area (Å²) in [5, 5.41) is 3.05. The number of hydrogen-bond donors (Lipinski definition) is 1. The molecule has 2 fully saturated rings. The van der Waals surface area contributed by atoms with Crippen molar-refractivity contribution in [1.82, 2.24) is 20.2 Å². The van der Waals surface area contributed by atoms with Crippen LogP contribution in [0.2, 0.25) is 0 Å². The van der Waals surface area contributed by atoms with Crippen LogP contribution < -0.4 is 5.43 Å². The minimum absolute atomic E-state index is 0.782. The number of piperazine rings is 1. The molecule has 2 rings (SSSR count). The van der Waals surface area contributed by atoms with Gasteiger partial charge in [0.1, 0.15) is 0 Å². The first kappa shape index (κ1) is 12.0. The zero-order valence-electron chi connectivity index (χ0n) is 9.81. The Kier molecular flexibility index (Phi) is 4.34. The van der Waals surface area contributed by atoms with Gasteiger partial charge >= 0.3 is 0 Å². The summed E-state index contributed by atoms with van der Waals surface area (Å²) < 4.78 is 5.30. The minimum Gasteiger partial charge on any atom is -0.378 e. The molecule has 2 aliphatic rings. The van der Waals surface area contributed by atoms with Gasteiger partial charge in [-0.25, -0.2) is 5.01 Å². The van der Waals surface area contributed by atoms with Crippen LogP contribution in [0.1, 0.15) is 0 Å². The Bertz CT molecular complexity index is 237. The van der Waals surface area contributed by atoms with Crippen LogP contribution in [0.5, 0.6) is 0 Å². The van der Waals surface area contributed by atoms with E-state index in [0.29, 0.717) is 0 Å². The van der Waals surface area contributed by atoms with E-state index in [1.54, 1.807) is 0 Å². The van der Waals surface area contributed by atoms with Crippen molar-refractivity contribution >= 4 is 17.3 Å². The van der Waals surface area contributed by atoms with Gasteiger partial charge in [0.05, 0.1) is 13.2 Å². The number of rotatable bonds is 1. The third-order valence-corrected chi connectivity index (χ3v) is 3.40. The molecule has 0 saturated carbocycles. The lowest BCUT2D eigenvalue weighted by molar-refractivity contribution is 0.0619. The molecule has 0 radical (unpaired) electrons. The quantitative estimate of drug-likeness (QED) is 0.617. The molecular weight excluding hydrogens is 224 g/mol. The summed E-state index contributed by atoms with van der Waals surface area (Å²) >= 11 is 5.39. The van der Waals surface area contributed by atoms with E-state index < -0.39 is 0 Å². The fraction of sp³-hybridized carbons (Fsp3) is 0.900. The second-order valence-corrected chi connectivity index (χ2v) is 4.69. The van der Waals surface area contributed by atoms with Crippen LogP contribution in [0.25, 0.3) is 0 Å². The molecule has 6 heteroatoms. The maximum atomic E-state index is 5.39. The van der Waals surface area contributed by atoms with E-state index in [4.69, 9.17) is 17.0 Å². The van der Waals surface area contributed by atoms with Crippen molar-refractivity contribution < 1.29 is 4.74 Å².